The first-order valence-corrected chi connectivity index (χ1v) is 6.76. The highest BCUT2D eigenvalue weighted by Crippen LogP contribution is 2.33. The van der Waals surface area contributed by atoms with Crippen LogP contribution in [0.25, 0.3) is 0 Å². The van der Waals surface area contributed by atoms with E-state index in [-0.39, 0.29) is 12.0 Å². The molecular formula is C14H20N2O3. The van der Waals surface area contributed by atoms with Crippen molar-refractivity contribution >= 4 is 5.91 Å². The van der Waals surface area contributed by atoms with E-state index in [4.69, 9.17) is 9.15 Å². The Morgan fingerprint density at radius 3 is 2.95 bits per heavy atom. The van der Waals surface area contributed by atoms with E-state index < -0.39 is 0 Å². The molecule has 0 spiro atoms. The van der Waals surface area contributed by atoms with Crippen LogP contribution in [-0.4, -0.2) is 61.6 Å². The number of carbonyl (C=O) groups excluding carboxylic acids is 1. The summed E-state index contributed by atoms with van der Waals surface area (Å²) in [5, 5.41) is 0. The summed E-state index contributed by atoms with van der Waals surface area (Å²) in [6.45, 7) is 2.43. The molecule has 2 aliphatic rings. The molecule has 2 aliphatic heterocycles. The molecule has 1 aromatic heterocycles. The fraction of sp³-hybridized carbons (Fsp3) is 0.643. The van der Waals surface area contributed by atoms with Crippen LogP contribution in [0.5, 0.6) is 0 Å². The van der Waals surface area contributed by atoms with Crippen molar-refractivity contribution in [1.29, 1.82) is 0 Å². The largest absolute Gasteiger partial charge is 0.459 e. The Morgan fingerprint density at radius 2 is 2.32 bits per heavy atom. The fourth-order valence-corrected chi connectivity index (χ4v) is 3.11. The Bertz CT molecular complexity index is 430. The van der Waals surface area contributed by atoms with Crippen LogP contribution in [0.4, 0.5) is 0 Å². The Kier molecular flexibility index (Phi) is 3.33. The normalized spacial score (nSPS) is 30.1. The van der Waals surface area contributed by atoms with Crippen LogP contribution >= 0.6 is 0 Å². The minimum absolute atomic E-state index is 0.0211. The van der Waals surface area contributed by atoms with E-state index in [9.17, 15) is 4.79 Å². The predicted octanol–water partition coefficient (Wildman–Crippen LogP) is 1.07. The van der Waals surface area contributed by atoms with Gasteiger partial charge >= 0.3 is 0 Å². The Labute approximate surface area is 113 Å². The molecule has 0 unspecified atom stereocenters. The zero-order valence-corrected chi connectivity index (χ0v) is 11.4. The van der Waals surface area contributed by atoms with Crippen LogP contribution in [0.15, 0.2) is 22.8 Å². The van der Waals surface area contributed by atoms with Gasteiger partial charge in [-0.3, -0.25) is 4.79 Å². The van der Waals surface area contributed by atoms with Crippen molar-refractivity contribution in [2.45, 2.75) is 18.6 Å². The summed E-state index contributed by atoms with van der Waals surface area (Å²) in [5.74, 6) is 0.876. The van der Waals surface area contributed by atoms with Gasteiger partial charge in [-0.25, -0.2) is 0 Å². The van der Waals surface area contributed by atoms with Crippen molar-refractivity contribution in [3.8, 4) is 0 Å². The maximum absolute atomic E-state index is 12.2. The molecule has 2 fully saturated rings. The minimum Gasteiger partial charge on any atom is -0.459 e. The van der Waals surface area contributed by atoms with E-state index in [0.29, 0.717) is 24.3 Å². The van der Waals surface area contributed by atoms with Crippen molar-refractivity contribution in [3.05, 3.63) is 24.2 Å². The van der Waals surface area contributed by atoms with E-state index in [1.807, 2.05) is 4.90 Å². The van der Waals surface area contributed by atoms with Crippen LogP contribution in [0.3, 0.4) is 0 Å². The van der Waals surface area contributed by atoms with Crippen molar-refractivity contribution in [1.82, 2.24) is 9.80 Å². The average molecular weight is 264 g/mol. The molecule has 1 aromatic rings. The van der Waals surface area contributed by atoms with E-state index >= 15 is 0 Å². The monoisotopic (exact) mass is 264 g/mol. The van der Waals surface area contributed by atoms with Crippen LogP contribution in [0.2, 0.25) is 0 Å². The lowest BCUT2D eigenvalue weighted by Crippen LogP contribution is -2.33. The molecule has 0 bridgehead atoms. The molecular weight excluding hydrogens is 244 g/mol. The number of rotatable bonds is 3. The molecule has 3 rings (SSSR count). The molecule has 19 heavy (non-hydrogen) atoms. The number of likely N-dealkylation sites (tertiary alicyclic amines) is 1. The molecule has 2 saturated heterocycles. The molecule has 0 radical (unpaired) electrons. The maximum Gasteiger partial charge on any atom is 0.289 e. The summed E-state index contributed by atoms with van der Waals surface area (Å²) in [4.78, 5) is 16.2. The molecule has 3 heterocycles. The van der Waals surface area contributed by atoms with Gasteiger partial charge in [-0.2, -0.15) is 0 Å². The molecule has 0 aromatic carbocycles. The van der Waals surface area contributed by atoms with Crippen LogP contribution in [0, 0.1) is 5.92 Å². The van der Waals surface area contributed by atoms with Crippen molar-refractivity contribution in [3.63, 3.8) is 0 Å². The number of hydrogen-bond acceptors (Lipinski definition) is 4. The standard InChI is InChI=1S/C14H20N2O3/c1-15(2)8-11-6-10-7-16(9-13(10)19-11)14(17)12-4-3-5-18-12/h3-5,10-11,13H,6-9H2,1-2H3/t10-,11-,13+/m1/s1. The molecule has 5 nitrogen and oxygen atoms in total. The summed E-state index contributed by atoms with van der Waals surface area (Å²) >= 11 is 0. The number of amides is 1. The zero-order valence-electron chi connectivity index (χ0n) is 11.4. The van der Waals surface area contributed by atoms with Gasteiger partial charge in [0.25, 0.3) is 5.91 Å². The molecule has 3 atom stereocenters. The summed E-state index contributed by atoms with van der Waals surface area (Å²) in [7, 11) is 4.12. The lowest BCUT2D eigenvalue weighted by Gasteiger charge is -2.20. The number of ether oxygens (including phenoxy) is 1. The van der Waals surface area contributed by atoms with Crippen molar-refractivity contribution in [2.24, 2.45) is 5.92 Å². The van der Waals surface area contributed by atoms with E-state index in [0.717, 1.165) is 19.5 Å². The minimum atomic E-state index is -0.0211. The Morgan fingerprint density at radius 1 is 1.47 bits per heavy atom. The first kappa shape index (κ1) is 12.7. The number of hydrogen-bond donors (Lipinski definition) is 0. The third kappa shape index (κ3) is 2.53. The van der Waals surface area contributed by atoms with Gasteiger partial charge in [-0.05, 0) is 32.6 Å². The highest BCUT2D eigenvalue weighted by Gasteiger charge is 2.43. The van der Waals surface area contributed by atoms with E-state index in [2.05, 4.69) is 19.0 Å². The van der Waals surface area contributed by atoms with Crippen LogP contribution in [-0.2, 0) is 4.74 Å². The third-order valence-corrected chi connectivity index (χ3v) is 3.90. The summed E-state index contributed by atoms with van der Waals surface area (Å²) in [5.41, 5.74) is 0. The fourth-order valence-electron chi connectivity index (χ4n) is 3.11. The van der Waals surface area contributed by atoms with Gasteiger partial charge in [0.1, 0.15) is 0 Å². The maximum atomic E-state index is 12.2. The number of carbonyl (C=O) groups is 1. The lowest BCUT2D eigenvalue weighted by molar-refractivity contribution is 0.0242. The highest BCUT2D eigenvalue weighted by molar-refractivity contribution is 5.91. The second kappa shape index (κ2) is 4.98. The SMILES string of the molecule is CN(C)C[C@H]1C[C@@H]2CN(C(=O)c3ccco3)C[C@@H]2O1. The smallest absolute Gasteiger partial charge is 0.289 e. The number of furan rings is 1. The second-order valence-electron chi connectivity index (χ2n) is 5.74. The van der Waals surface area contributed by atoms with Gasteiger partial charge < -0.3 is 19.0 Å². The second-order valence-corrected chi connectivity index (χ2v) is 5.74. The van der Waals surface area contributed by atoms with E-state index in [1.54, 1.807) is 12.1 Å². The van der Waals surface area contributed by atoms with Gasteiger partial charge in [0.2, 0.25) is 0 Å². The number of likely N-dealkylation sites (N-methyl/N-ethyl adjacent to an activating group) is 1. The number of fused-ring (bicyclic) bond motifs is 1. The van der Waals surface area contributed by atoms with Gasteiger partial charge in [-0.15, -0.1) is 0 Å². The first-order valence-electron chi connectivity index (χ1n) is 6.76. The summed E-state index contributed by atoms with van der Waals surface area (Å²) in [6, 6.07) is 3.46. The molecule has 0 aliphatic carbocycles. The molecule has 5 heteroatoms. The molecule has 104 valence electrons. The van der Waals surface area contributed by atoms with Crippen molar-refractivity contribution in [2.75, 3.05) is 33.7 Å². The van der Waals surface area contributed by atoms with Crippen LogP contribution in [0.1, 0.15) is 17.0 Å². The Hall–Kier alpha value is -1.33. The van der Waals surface area contributed by atoms with Gasteiger partial charge in [0.15, 0.2) is 5.76 Å². The Balaban J connectivity index is 1.58. The predicted molar refractivity (Wildman–Crippen MR) is 69.9 cm³/mol. The topological polar surface area (TPSA) is 45.9 Å². The zero-order chi connectivity index (χ0) is 13.4. The highest BCUT2D eigenvalue weighted by atomic mass is 16.5. The molecule has 0 saturated carbocycles. The average Bonchev–Trinajstić information content (AvgIpc) is 3.00. The molecule has 1 amide bonds. The molecule has 0 N–H and O–H groups in total. The van der Waals surface area contributed by atoms with Crippen molar-refractivity contribution < 1.29 is 13.9 Å². The van der Waals surface area contributed by atoms with Crippen LogP contribution < -0.4 is 0 Å². The lowest BCUT2D eigenvalue weighted by atomic mass is 10.0. The van der Waals surface area contributed by atoms with Gasteiger partial charge in [0.05, 0.1) is 18.5 Å². The summed E-state index contributed by atoms with van der Waals surface area (Å²) in [6.07, 6.45) is 3.09. The van der Waals surface area contributed by atoms with E-state index in [1.165, 1.54) is 6.26 Å². The third-order valence-electron chi connectivity index (χ3n) is 3.90. The van der Waals surface area contributed by atoms with Gasteiger partial charge in [0, 0.05) is 25.6 Å². The summed E-state index contributed by atoms with van der Waals surface area (Å²) < 4.78 is 11.2. The first-order chi connectivity index (χ1) is 9.13. The number of nitrogens with zero attached hydrogens (tertiary/aromatic N) is 2. The quantitative estimate of drug-likeness (QED) is 0.819. The van der Waals surface area contributed by atoms with Gasteiger partial charge in [-0.1, -0.05) is 0 Å².